The number of aromatic nitrogens is 2. The van der Waals surface area contributed by atoms with Crippen LogP contribution in [-0.4, -0.2) is 34.0 Å². The van der Waals surface area contributed by atoms with Gasteiger partial charge in [-0.05, 0) is 18.4 Å². The van der Waals surface area contributed by atoms with E-state index in [9.17, 15) is 5.11 Å². The van der Waals surface area contributed by atoms with E-state index < -0.39 is 0 Å². The van der Waals surface area contributed by atoms with E-state index in [1.54, 1.807) is 0 Å². The fourth-order valence-electron chi connectivity index (χ4n) is 3.55. The summed E-state index contributed by atoms with van der Waals surface area (Å²) in [4.78, 5) is 4.28. The van der Waals surface area contributed by atoms with Crippen LogP contribution in [0, 0.1) is 5.92 Å². The molecule has 0 amide bonds. The number of aliphatic hydroxyl groups is 1. The van der Waals surface area contributed by atoms with Gasteiger partial charge in [0.05, 0.1) is 37.0 Å². The minimum absolute atomic E-state index is 0.0918. The molecule has 0 radical (unpaired) electrons. The average molecular weight is 270 g/mol. The molecule has 0 aliphatic carbocycles. The topological polar surface area (TPSA) is 47.3 Å². The van der Waals surface area contributed by atoms with Crippen LogP contribution in [0.5, 0.6) is 0 Å². The van der Waals surface area contributed by atoms with E-state index in [0.29, 0.717) is 6.61 Å². The van der Waals surface area contributed by atoms with Crippen LogP contribution in [0.15, 0.2) is 36.8 Å². The molecule has 2 aliphatic heterocycles. The molecule has 4 nitrogen and oxygen atoms in total. The van der Waals surface area contributed by atoms with Gasteiger partial charge in [0.1, 0.15) is 0 Å². The number of aliphatic hydroxyl groups excluding tert-OH is 1. The Morgan fingerprint density at radius 2 is 2.20 bits per heavy atom. The molecule has 1 fully saturated rings. The predicted molar refractivity (Wildman–Crippen MR) is 75.4 cm³/mol. The number of hydrogen-bond acceptors (Lipinski definition) is 3. The number of fused-ring (bicyclic) bond motifs is 3. The van der Waals surface area contributed by atoms with Crippen molar-refractivity contribution in [3.63, 3.8) is 0 Å². The van der Waals surface area contributed by atoms with Crippen LogP contribution in [0.3, 0.4) is 0 Å². The van der Waals surface area contributed by atoms with Gasteiger partial charge in [0.2, 0.25) is 0 Å². The maximum absolute atomic E-state index is 10.5. The summed E-state index contributed by atoms with van der Waals surface area (Å²) in [7, 11) is 0. The summed E-state index contributed by atoms with van der Waals surface area (Å²) in [6.07, 6.45) is 5.21. The van der Waals surface area contributed by atoms with Crippen molar-refractivity contribution >= 4 is 0 Å². The zero-order valence-electron chi connectivity index (χ0n) is 11.3. The largest absolute Gasteiger partial charge is 0.393 e. The minimum atomic E-state index is -0.316. The summed E-state index contributed by atoms with van der Waals surface area (Å²) < 4.78 is 7.89. The number of hydrogen-bond donors (Lipinski definition) is 1. The van der Waals surface area contributed by atoms with Crippen LogP contribution < -0.4 is 0 Å². The van der Waals surface area contributed by atoms with Crippen LogP contribution in [0.1, 0.15) is 24.4 Å². The van der Waals surface area contributed by atoms with Crippen molar-refractivity contribution < 1.29 is 9.84 Å². The van der Waals surface area contributed by atoms with Gasteiger partial charge in [-0.3, -0.25) is 0 Å². The predicted octanol–water partition coefficient (Wildman–Crippen LogP) is 2.24. The Bertz CT molecular complexity index is 622. The average Bonchev–Trinajstić information content (AvgIpc) is 2.97. The minimum Gasteiger partial charge on any atom is -0.393 e. The molecule has 3 atom stereocenters. The highest BCUT2D eigenvalue weighted by molar-refractivity contribution is 5.69. The van der Waals surface area contributed by atoms with Gasteiger partial charge in [0.25, 0.3) is 0 Å². The first-order valence-electron chi connectivity index (χ1n) is 7.23. The second kappa shape index (κ2) is 4.72. The summed E-state index contributed by atoms with van der Waals surface area (Å²) in [6, 6.07) is 8.54. The molecular weight excluding hydrogens is 252 g/mol. The lowest BCUT2D eigenvalue weighted by atomic mass is 9.87. The first-order chi connectivity index (χ1) is 9.86. The van der Waals surface area contributed by atoms with Crippen LogP contribution in [0.2, 0.25) is 0 Å². The summed E-state index contributed by atoms with van der Waals surface area (Å²) in [5.41, 5.74) is 3.65. The molecule has 2 aliphatic rings. The second-order valence-electron chi connectivity index (χ2n) is 5.67. The van der Waals surface area contributed by atoms with E-state index in [2.05, 4.69) is 33.8 Å². The maximum Gasteiger partial charge on any atom is 0.0956 e. The van der Waals surface area contributed by atoms with Crippen LogP contribution in [-0.2, 0) is 4.74 Å². The van der Waals surface area contributed by atoms with Crippen molar-refractivity contribution in [1.29, 1.82) is 0 Å². The highest BCUT2D eigenvalue weighted by atomic mass is 16.5. The number of benzene rings is 1. The molecule has 1 aromatic carbocycles. The highest BCUT2D eigenvalue weighted by Crippen LogP contribution is 2.44. The lowest BCUT2D eigenvalue weighted by Gasteiger charge is -2.28. The smallest absolute Gasteiger partial charge is 0.0956 e. The van der Waals surface area contributed by atoms with Crippen molar-refractivity contribution in [3.05, 3.63) is 42.4 Å². The van der Waals surface area contributed by atoms with Gasteiger partial charge in [-0.1, -0.05) is 24.3 Å². The standard InChI is InChI=1S/C16H18N2O2/c19-15-6-3-7-20-9-13(15)16-12-5-2-1-4-11(12)14-8-17-10-18(14)16/h1-2,4-5,8,10,13,15-16,19H,3,6-7,9H2/t13-,15-,16?/m1/s1. The normalized spacial score (nSPS) is 28.8. The van der Waals surface area contributed by atoms with E-state index in [1.165, 1.54) is 11.1 Å². The van der Waals surface area contributed by atoms with Gasteiger partial charge in [0.15, 0.2) is 0 Å². The van der Waals surface area contributed by atoms with Gasteiger partial charge in [0, 0.05) is 18.1 Å². The summed E-state index contributed by atoms with van der Waals surface area (Å²) in [5, 5.41) is 10.5. The van der Waals surface area contributed by atoms with E-state index in [1.807, 2.05) is 12.5 Å². The lowest BCUT2D eigenvalue weighted by Crippen LogP contribution is -2.31. The molecule has 0 spiro atoms. The zero-order valence-corrected chi connectivity index (χ0v) is 11.3. The molecule has 4 heteroatoms. The Balaban J connectivity index is 1.81. The third kappa shape index (κ3) is 1.72. The first kappa shape index (κ1) is 12.1. The molecule has 0 saturated carbocycles. The molecule has 1 aromatic heterocycles. The summed E-state index contributed by atoms with van der Waals surface area (Å²) in [6.45, 7) is 1.36. The Kier molecular flexibility index (Phi) is 2.86. The van der Waals surface area contributed by atoms with E-state index in [4.69, 9.17) is 4.74 Å². The van der Waals surface area contributed by atoms with Gasteiger partial charge in [-0.15, -0.1) is 0 Å². The molecule has 0 bridgehead atoms. The number of nitrogens with zero attached hydrogens (tertiary/aromatic N) is 2. The SMILES string of the molecule is O[C@@H]1CCCOC[C@H]1C1c2ccccc2-c2cncn21. The lowest BCUT2D eigenvalue weighted by molar-refractivity contribution is 0.0395. The highest BCUT2D eigenvalue weighted by Gasteiger charge is 2.38. The molecule has 1 saturated heterocycles. The quantitative estimate of drug-likeness (QED) is 0.864. The first-order valence-corrected chi connectivity index (χ1v) is 7.23. The molecule has 2 aromatic rings. The van der Waals surface area contributed by atoms with E-state index >= 15 is 0 Å². The summed E-state index contributed by atoms with van der Waals surface area (Å²) >= 11 is 0. The van der Waals surface area contributed by atoms with Gasteiger partial charge >= 0.3 is 0 Å². The third-order valence-corrected chi connectivity index (χ3v) is 4.52. The van der Waals surface area contributed by atoms with Crippen LogP contribution in [0.25, 0.3) is 11.3 Å². The van der Waals surface area contributed by atoms with Gasteiger partial charge in [-0.25, -0.2) is 4.98 Å². The molecule has 4 rings (SSSR count). The number of ether oxygens (including phenoxy) is 1. The maximum atomic E-state index is 10.5. The van der Waals surface area contributed by atoms with Crippen molar-refractivity contribution in [2.24, 2.45) is 5.92 Å². The molecule has 104 valence electrons. The molecule has 20 heavy (non-hydrogen) atoms. The Morgan fingerprint density at radius 3 is 3.15 bits per heavy atom. The van der Waals surface area contributed by atoms with Crippen LogP contribution >= 0.6 is 0 Å². The molecule has 1 unspecified atom stereocenters. The monoisotopic (exact) mass is 270 g/mol. The Hall–Kier alpha value is -1.65. The fourth-order valence-corrected chi connectivity index (χ4v) is 3.55. The zero-order chi connectivity index (χ0) is 13.5. The third-order valence-electron chi connectivity index (χ3n) is 4.52. The van der Waals surface area contributed by atoms with Crippen molar-refractivity contribution in [2.45, 2.75) is 25.0 Å². The van der Waals surface area contributed by atoms with Crippen molar-refractivity contribution in [1.82, 2.24) is 9.55 Å². The Labute approximate surface area is 118 Å². The van der Waals surface area contributed by atoms with E-state index in [-0.39, 0.29) is 18.1 Å². The van der Waals surface area contributed by atoms with Crippen molar-refractivity contribution in [3.8, 4) is 11.3 Å². The fraction of sp³-hybridized carbons (Fsp3) is 0.438. The molecular formula is C16H18N2O2. The Morgan fingerprint density at radius 1 is 1.30 bits per heavy atom. The van der Waals surface area contributed by atoms with Crippen molar-refractivity contribution in [2.75, 3.05) is 13.2 Å². The van der Waals surface area contributed by atoms with Gasteiger partial charge < -0.3 is 14.4 Å². The number of rotatable bonds is 1. The molecule has 3 heterocycles. The number of imidazole rings is 1. The molecule has 1 N–H and O–H groups in total. The van der Waals surface area contributed by atoms with Crippen LogP contribution in [0.4, 0.5) is 0 Å². The summed E-state index contributed by atoms with van der Waals surface area (Å²) in [5.74, 6) is 0.0918. The van der Waals surface area contributed by atoms with E-state index in [0.717, 1.165) is 25.1 Å². The van der Waals surface area contributed by atoms with Gasteiger partial charge in [-0.2, -0.15) is 0 Å². The second-order valence-corrected chi connectivity index (χ2v) is 5.67.